The first-order chi connectivity index (χ1) is 14.7. The van der Waals surface area contributed by atoms with Crippen LogP contribution < -0.4 is 9.47 Å². The van der Waals surface area contributed by atoms with Crippen LogP contribution in [0.25, 0.3) is 11.0 Å². The third-order valence-corrected chi connectivity index (χ3v) is 6.32. The second kappa shape index (κ2) is 8.44. The second-order valence-electron chi connectivity index (χ2n) is 8.11. The molecule has 1 fully saturated rings. The quantitative estimate of drug-likeness (QED) is 0.558. The highest BCUT2D eigenvalue weighted by Crippen LogP contribution is 2.34. The highest BCUT2D eigenvalue weighted by Gasteiger charge is 2.24. The molecule has 0 N–H and O–H groups in total. The number of imidazole rings is 1. The summed E-state index contributed by atoms with van der Waals surface area (Å²) in [6.45, 7) is 5.14. The van der Waals surface area contributed by atoms with Gasteiger partial charge < -0.3 is 14.0 Å². The first-order valence-electron chi connectivity index (χ1n) is 10.6. The van der Waals surface area contributed by atoms with Gasteiger partial charge in [-0.1, -0.05) is 11.6 Å². The standard InChI is InChI=1S/C23H25ClFN3O2/c24-17-13-20-23-21(14-17)30-12-10-28(23)22(26-20)15-27-8-5-16(6-9-27)7-11-29-19-3-1-18(25)2-4-19/h1-4,13-14,16H,5-12,15H2. The van der Waals surface area contributed by atoms with Crippen molar-refractivity contribution in [2.24, 2.45) is 5.92 Å². The van der Waals surface area contributed by atoms with Crippen molar-refractivity contribution in [2.75, 3.05) is 26.3 Å². The molecule has 0 amide bonds. The summed E-state index contributed by atoms with van der Waals surface area (Å²) < 4.78 is 26.8. The van der Waals surface area contributed by atoms with Crippen molar-refractivity contribution >= 4 is 22.6 Å². The molecular formula is C23H25ClFN3O2. The van der Waals surface area contributed by atoms with E-state index in [9.17, 15) is 4.39 Å². The largest absolute Gasteiger partial charge is 0.494 e. The number of aromatic nitrogens is 2. The molecule has 30 heavy (non-hydrogen) atoms. The Kier molecular flexibility index (Phi) is 5.52. The number of hydrogen-bond acceptors (Lipinski definition) is 4. The van der Waals surface area contributed by atoms with Gasteiger partial charge in [-0.15, -0.1) is 0 Å². The molecule has 0 radical (unpaired) electrons. The molecule has 2 aliphatic heterocycles. The van der Waals surface area contributed by atoms with Gasteiger partial charge in [0.15, 0.2) is 0 Å². The average molecular weight is 430 g/mol. The lowest BCUT2D eigenvalue weighted by molar-refractivity contribution is 0.153. The van der Waals surface area contributed by atoms with Gasteiger partial charge in [-0.25, -0.2) is 9.37 Å². The molecule has 5 nitrogen and oxygen atoms in total. The van der Waals surface area contributed by atoms with Crippen LogP contribution in [0.15, 0.2) is 36.4 Å². The third kappa shape index (κ3) is 4.12. The molecule has 0 unspecified atom stereocenters. The van der Waals surface area contributed by atoms with E-state index < -0.39 is 0 Å². The van der Waals surface area contributed by atoms with E-state index >= 15 is 0 Å². The van der Waals surface area contributed by atoms with Crippen LogP contribution >= 0.6 is 11.6 Å². The Morgan fingerprint density at radius 2 is 1.93 bits per heavy atom. The van der Waals surface area contributed by atoms with E-state index in [4.69, 9.17) is 26.1 Å². The van der Waals surface area contributed by atoms with Crippen LogP contribution in [0.2, 0.25) is 5.02 Å². The minimum atomic E-state index is -0.235. The number of nitrogens with zero attached hydrogens (tertiary/aromatic N) is 3. The topological polar surface area (TPSA) is 39.5 Å². The summed E-state index contributed by atoms with van der Waals surface area (Å²) in [4.78, 5) is 7.34. The Bertz CT molecular complexity index is 1030. The molecule has 2 aliphatic rings. The number of likely N-dealkylation sites (tertiary alicyclic amines) is 1. The van der Waals surface area contributed by atoms with E-state index in [1.54, 1.807) is 12.1 Å². The van der Waals surface area contributed by atoms with Crippen molar-refractivity contribution in [3.8, 4) is 11.5 Å². The third-order valence-electron chi connectivity index (χ3n) is 6.10. The molecule has 0 atom stereocenters. The summed E-state index contributed by atoms with van der Waals surface area (Å²) in [5.74, 6) is 3.09. The Hall–Kier alpha value is -2.31. The highest BCUT2D eigenvalue weighted by molar-refractivity contribution is 6.31. The summed E-state index contributed by atoms with van der Waals surface area (Å²) in [7, 11) is 0. The summed E-state index contributed by atoms with van der Waals surface area (Å²) in [6.07, 6.45) is 3.35. The van der Waals surface area contributed by atoms with Gasteiger partial charge in [0.1, 0.15) is 35.3 Å². The van der Waals surface area contributed by atoms with Gasteiger partial charge in [-0.2, -0.15) is 0 Å². The van der Waals surface area contributed by atoms with E-state index in [0.29, 0.717) is 24.2 Å². The monoisotopic (exact) mass is 429 g/mol. The number of benzene rings is 2. The van der Waals surface area contributed by atoms with Crippen LogP contribution in [-0.2, 0) is 13.1 Å². The number of halogens is 2. The fourth-order valence-corrected chi connectivity index (χ4v) is 4.67. The zero-order valence-corrected chi connectivity index (χ0v) is 17.6. The van der Waals surface area contributed by atoms with Crippen molar-refractivity contribution in [3.63, 3.8) is 0 Å². The number of hydrogen-bond donors (Lipinski definition) is 0. The lowest BCUT2D eigenvalue weighted by Gasteiger charge is -2.32. The zero-order chi connectivity index (χ0) is 20.5. The van der Waals surface area contributed by atoms with E-state index in [2.05, 4.69) is 9.47 Å². The van der Waals surface area contributed by atoms with Gasteiger partial charge in [-0.05, 0) is 68.6 Å². The fourth-order valence-electron chi connectivity index (χ4n) is 4.47. The Morgan fingerprint density at radius 3 is 2.73 bits per heavy atom. The Morgan fingerprint density at radius 1 is 1.13 bits per heavy atom. The molecule has 1 saturated heterocycles. The predicted molar refractivity (Wildman–Crippen MR) is 115 cm³/mol. The van der Waals surface area contributed by atoms with Crippen molar-refractivity contribution in [3.05, 3.63) is 53.1 Å². The van der Waals surface area contributed by atoms with Crippen LogP contribution in [0.4, 0.5) is 4.39 Å². The predicted octanol–water partition coefficient (Wildman–Crippen LogP) is 4.90. The Balaban J connectivity index is 1.15. The van der Waals surface area contributed by atoms with Gasteiger partial charge in [-0.3, -0.25) is 4.90 Å². The Labute approximate surface area is 180 Å². The molecule has 0 spiro atoms. The molecule has 3 aromatic rings. The molecule has 2 aromatic carbocycles. The molecule has 7 heteroatoms. The molecule has 3 heterocycles. The van der Waals surface area contributed by atoms with Crippen LogP contribution in [0.5, 0.6) is 11.5 Å². The van der Waals surface area contributed by atoms with Crippen molar-refractivity contribution < 1.29 is 13.9 Å². The van der Waals surface area contributed by atoms with Crippen LogP contribution in [-0.4, -0.2) is 40.8 Å². The smallest absolute Gasteiger partial charge is 0.146 e. The molecule has 1 aromatic heterocycles. The average Bonchev–Trinajstić information content (AvgIpc) is 3.09. The van der Waals surface area contributed by atoms with E-state index in [1.165, 1.54) is 12.1 Å². The summed E-state index contributed by atoms with van der Waals surface area (Å²) >= 11 is 6.22. The van der Waals surface area contributed by atoms with Crippen LogP contribution in [0, 0.1) is 11.7 Å². The van der Waals surface area contributed by atoms with Crippen molar-refractivity contribution in [2.45, 2.75) is 32.4 Å². The van der Waals surface area contributed by atoms with Crippen LogP contribution in [0.1, 0.15) is 25.1 Å². The number of rotatable bonds is 6. The minimum Gasteiger partial charge on any atom is -0.494 e. The molecular weight excluding hydrogens is 405 g/mol. The molecule has 0 aliphatic carbocycles. The lowest BCUT2D eigenvalue weighted by atomic mass is 9.94. The maximum absolute atomic E-state index is 13.0. The van der Waals surface area contributed by atoms with Gasteiger partial charge >= 0.3 is 0 Å². The normalized spacial score (nSPS) is 17.3. The van der Waals surface area contributed by atoms with Gasteiger partial charge in [0.05, 0.1) is 25.2 Å². The first kappa shape index (κ1) is 19.6. The van der Waals surface area contributed by atoms with Crippen molar-refractivity contribution in [1.82, 2.24) is 14.5 Å². The number of piperidine rings is 1. The molecule has 5 rings (SSSR count). The summed E-state index contributed by atoms with van der Waals surface area (Å²) in [5.41, 5.74) is 1.98. The minimum absolute atomic E-state index is 0.235. The molecule has 158 valence electrons. The van der Waals surface area contributed by atoms with Crippen LogP contribution in [0.3, 0.4) is 0 Å². The maximum Gasteiger partial charge on any atom is 0.146 e. The maximum atomic E-state index is 13.0. The fraction of sp³-hybridized carbons (Fsp3) is 0.435. The zero-order valence-electron chi connectivity index (χ0n) is 16.8. The highest BCUT2D eigenvalue weighted by atomic mass is 35.5. The van der Waals surface area contributed by atoms with E-state index in [0.717, 1.165) is 73.8 Å². The van der Waals surface area contributed by atoms with Crippen molar-refractivity contribution in [1.29, 1.82) is 0 Å². The summed E-state index contributed by atoms with van der Waals surface area (Å²) in [6, 6.07) is 10.0. The molecule has 0 saturated carbocycles. The second-order valence-corrected chi connectivity index (χ2v) is 8.55. The van der Waals surface area contributed by atoms with E-state index in [1.807, 2.05) is 12.1 Å². The van der Waals surface area contributed by atoms with Gasteiger partial charge in [0.25, 0.3) is 0 Å². The molecule has 0 bridgehead atoms. The first-order valence-corrected chi connectivity index (χ1v) is 11.0. The van der Waals surface area contributed by atoms with E-state index in [-0.39, 0.29) is 5.82 Å². The summed E-state index contributed by atoms with van der Waals surface area (Å²) in [5, 5.41) is 0.666. The van der Waals surface area contributed by atoms with Gasteiger partial charge in [0.2, 0.25) is 0 Å². The van der Waals surface area contributed by atoms with Gasteiger partial charge in [0, 0.05) is 11.1 Å². The number of ether oxygens (including phenoxy) is 2. The lowest BCUT2D eigenvalue weighted by Crippen LogP contribution is -2.34. The SMILES string of the molecule is Fc1ccc(OCCC2CCN(Cc3nc4cc(Cl)cc5c4n3CCO5)CC2)cc1.